The molecule has 0 spiro atoms. The van der Waals surface area contributed by atoms with Gasteiger partial charge in [-0.25, -0.2) is 8.42 Å². The van der Waals surface area contributed by atoms with Gasteiger partial charge < -0.3 is 4.74 Å². The molecule has 7 heteroatoms. The second-order valence-electron chi connectivity index (χ2n) is 8.06. The molecule has 0 unspecified atom stereocenters. The number of morpholine rings is 1. The van der Waals surface area contributed by atoms with E-state index in [1.807, 2.05) is 24.2 Å². The quantitative estimate of drug-likeness (QED) is 0.800. The van der Waals surface area contributed by atoms with Crippen LogP contribution in [0, 0.1) is 19.8 Å². The molecule has 144 valence electrons. The van der Waals surface area contributed by atoms with Crippen LogP contribution in [0.3, 0.4) is 0 Å². The maximum absolute atomic E-state index is 13.3. The Balaban J connectivity index is 1.50. The van der Waals surface area contributed by atoms with Crippen molar-refractivity contribution in [3.8, 4) is 0 Å². The van der Waals surface area contributed by atoms with E-state index in [0.717, 1.165) is 69.8 Å². The normalized spacial score (nSPS) is 30.6. The summed E-state index contributed by atoms with van der Waals surface area (Å²) in [4.78, 5) is 7.10. The van der Waals surface area contributed by atoms with Crippen molar-refractivity contribution in [1.29, 1.82) is 0 Å². The van der Waals surface area contributed by atoms with Crippen molar-refractivity contribution in [1.82, 2.24) is 14.2 Å². The largest absolute Gasteiger partial charge is 0.379 e. The summed E-state index contributed by atoms with van der Waals surface area (Å²) in [5, 5.41) is 0. The van der Waals surface area contributed by atoms with Gasteiger partial charge in [0.1, 0.15) is 4.90 Å². The zero-order valence-corrected chi connectivity index (χ0v) is 16.5. The summed E-state index contributed by atoms with van der Waals surface area (Å²) in [7, 11) is -3.46. The van der Waals surface area contributed by atoms with Crippen molar-refractivity contribution in [2.24, 2.45) is 5.92 Å². The van der Waals surface area contributed by atoms with Gasteiger partial charge in [-0.05, 0) is 57.1 Å². The maximum atomic E-state index is 13.3. The number of aromatic nitrogens is 1. The van der Waals surface area contributed by atoms with Gasteiger partial charge >= 0.3 is 0 Å². The molecule has 0 aliphatic carbocycles. The Bertz CT molecular complexity index is 747. The van der Waals surface area contributed by atoms with Crippen molar-refractivity contribution in [3.05, 3.63) is 23.5 Å². The molecule has 0 aromatic carbocycles. The zero-order chi connectivity index (χ0) is 18.3. The molecule has 4 rings (SSSR count). The van der Waals surface area contributed by atoms with Crippen LogP contribution in [0.1, 0.15) is 36.9 Å². The predicted octanol–water partition coefficient (Wildman–Crippen LogP) is 1.96. The molecule has 2 bridgehead atoms. The monoisotopic (exact) mass is 379 g/mol. The fourth-order valence-electron chi connectivity index (χ4n) is 5.00. The third kappa shape index (κ3) is 3.42. The number of hydrogen-bond acceptors (Lipinski definition) is 5. The SMILES string of the molecule is Cc1cc(C)c(S(=O)(=O)N2[C@@H]3CC[C@H]2C[C@H](CN2CCOCC2)C3)cn1. The molecule has 26 heavy (non-hydrogen) atoms. The minimum Gasteiger partial charge on any atom is -0.379 e. The summed E-state index contributed by atoms with van der Waals surface area (Å²) < 4.78 is 33.9. The summed E-state index contributed by atoms with van der Waals surface area (Å²) in [5.41, 5.74) is 1.65. The van der Waals surface area contributed by atoms with Crippen LogP contribution >= 0.6 is 0 Å². The van der Waals surface area contributed by atoms with Crippen LogP contribution in [0.5, 0.6) is 0 Å². The Morgan fingerprint density at radius 3 is 2.42 bits per heavy atom. The first-order valence-corrected chi connectivity index (χ1v) is 11.2. The maximum Gasteiger partial charge on any atom is 0.245 e. The van der Waals surface area contributed by atoms with Gasteiger partial charge in [-0.2, -0.15) is 4.31 Å². The lowest BCUT2D eigenvalue weighted by Gasteiger charge is -2.40. The molecular formula is C19H29N3O3S. The Morgan fingerprint density at radius 2 is 1.81 bits per heavy atom. The summed E-state index contributed by atoms with van der Waals surface area (Å²) in [5.74, 6) is 0.592. The smallest absolute Gasteiger partial charge is 0.245 e. The first kappa shape index (κ1) is 18.3. The van der Waals surface area contributed by atoms with Gasteiger partial charge in [-0.3, -0.25) is 9.88 Å². The lowest BCUT2D eigenvalue weighted by Crippen LogP contribution is -2.49. The van der Waals surface area contributed by atoms with Gasteiger partial charge in [-0.15, -0.1) is 0 Å². The Morgan fingerprint density at radius 1 is 1.15 bits per heavy atom. The van der Waals surface area contributed by atoms with Crippen molar-refractivity contribution in [3.63, 3.8) is 0 Å². The highest BCUT2D eigenvalue weighted by molar-refractivity contribution is 7.89. The second-order valence-corrected chi connectivity index (χ2v) is 9.87. The molecule has 0 amide bonds. The van der Waals surface area contributed by atoms with Gasteiger partial charge in [0, 0.05) is 43.6 Å². The molecule has 3 aliphatic heterocycles. The summed E-state index contributed by atoms with van der Waals surface area (Å²) in [6.45, 7) is 8.48. The number of rotatable bonds is 4. The predicted molar refractivity (Wildman–Crippen MR) is 99.5 cm³/mol. The minimum absolute atomic E-state index is 0.144. The minimum atomic E-state index is -3.46. The number of pyridine rings is 1. The van der Waals surface area contributed by atoms with Crippen LogP contribution in [-0.2, 0) is 14.8 Å². The number of piperidine rings is 1. The van der Waals surface area contributed by atoms with Gasteiger partial charge in [0.2, 0.25) is 10.0 Å². The van der Waals surface area contributed by atoms with Crippen LogP contribution in [0.25, 0.3) is 0 Å². The van der Waals surface area contributed by atoms with E-state index < -0.39 is 10.0 Å². The number of hydrogen-bond donors (Lipinski definition) is 0. The van der Waals surface area contributed by atoms with Crippen molar-refractivity contribution < 1.29 is 13.2 Å². The third-order valence-corrected chi connectivity index (χ3v) is 8.27. The molecule has 1 aromatic rings. The van der Waals surface area contributed by atoms with Gasteiger partial charge in [0.25, 0.3) is 0 Å². The van der Waals surface area contributed by atoms with E-state index in [1.54, 1.807) is 6.20 Å². The fraction of sp³-hybridized carbons (Fsp3) is 0.737. The second kappa shape index (κ2) is 7.19. The number of ether oxygens (including phenoxy) is 1. The molecule has 3 atom stereocenters. The Kier molecular flexibility index (Phi) is 5.07. The molecule has 0 N–H and O–H groups in total. The molecule has 3 saturated heterocycles. The van der Waals surface area contributed by atoms with Gasteiger partial charge in [0.15, 0.2) is 0 Å². The van der Waals surface area contributed by atoms with Gasteiger partial charge in [-0.1, -0.05) is 0 Å². The molecule has 1 aromatic heterocycles. The number of nitrogens with zero attached hydrogens (tertiary/aromatic N) is 3. The van der Waals surface area contributed by atoms with E-state index in [4.69, 9.17) is 4.74 Å². The third-order valence-electron chi connectivity index (χ3n) is 6.14. The van der Waals surface area contributed by atoms with E-state index >= 15 is 0 Å². The lowest BCUT2D eigenvalue weighted by molar-refractivity contribution is 0.0235. The zero-order valence-electron chi connectivity index (χ0n) is 15.7. The van der Waals surface area contributed by atoms with Crippen LogP contribution in [-0.4, -0.2) is 67.5 Å². The molecule has 6 nitrogen and oxygen atoms in total. The van der Waals surface area contributed by atoms with Crippen molar-refractivity contribution >= 4 is 10.0 Å². The Hall–Kier alpha value is -1.02. The van der Waals surface area contributed by atoms with E-state index in [0.29, 0.717) is 10.8 Å². The fourth-order valence-corrected chi connectivity index (χ4v) is 7.05. The Labute approximate surface area is 156 Å². The highest BCUT2D eigenvalue weighted by atomic mass is 32.2. The standard InChI is InChI=1S/C19H29N3O3S/c1-14-9-15(2)20-12-19(14)26(23,24)22-17-3-4-18(22)11-16(10-17)13-21-5-7-25-8-6-21/h9,12,16-18H,3-8,10-11,13H2,1-2H3/t16-,17-,18+. The van der Waals surface area contributed by atoms with E-state index in [-0.39, 0.29) is 12.1 Å². The van der Waals surface area contributed by atoms with Crippen molar-refractivity contribution in [2.45, 2.75) is 56.5 Å². The van der Waals surface area contributed by atoms with Gasteiger partial charge in [0.05, 0.1) is 13.2 Å². The number of fused-ring (bicyclic) bond motifs is 2. The molecular weight excluding hydrogens is 350 g/mol. The lowest BCUT2D eigenvalue weighted by atomic mass is 9.92. The first-order valence-electron chi connectivity index (χ1n) is 9.72. The highest BCUT2D eigenvalue weighted by Crippen LogP contribution is 2.42. The average molecular weight is 380 g/mol. The van der Waals surface area contributed by atoms with E-state index in [9.17, 15) is 8.42 Å². The topological polar surface area (TPSA) is 62.7 Å². The number of sulfonamides is 1. The van der Waals surface area contributed by atoms with E-state index in [1.165, 1.54) is 0 Å². The molecule has 0 saturated carbocycles. The summed E-state index contributed by atoms with van der Waals surface area (Å²) in [6, 6.07) is 2.15. The van der Waals surface area contributed by atoms with Crippen molar-refractivity contribution in [2.75, 3.05) is 32.8 Å². The van der Waals surface area contributed by atoms with Crippen LogP contribution in [0.15, 0.2) is 17.2 Å². The van der Waals surface area contributed by atoms with E-state index in [2.05, 4.69) is 9.88 Å². The number of aryl methyl sites for hydroxylation is 2. The molecule has 3 fully saturated rings. The van der Waals surface area contributed by atoms with Crippen LogP contribution in [0.2, 0.25) is 0 Å². The summed E-state index contributed by atoms with van der Waals surface area (Å²) in [6.07, 6.45) is 5.47. The average Bonchev–Trinajstić information content (AvgIpc) is 2.88. The van der Waals surface area contributed by atoms with Crippen LogP contribution in [0.4, 0.5) is 0 Å². The molecule has 3 aliphatic rings. The first-order chi connectivity index (χ1) is 12.4. The highest BCUT2D eigenvalue weighted by Gasteiger charge is 2.47. The molecule has 0 radical (unpaired) electrons. The van der Waals surface area contributed by atoms with Crippen LogP contribution < -0.4 is 0 Å². The summed E-state index contributed by atoms with van der Waals surface area (Å²) >= 11 is 0. The molecule has 4 heterocycles.